The largest absolute Gasteiger partial charge is 0.497 e. The highest BCUT2D eigenvalue weighted by Crippen LogP contribution is 2.34. The minimum absolute atomic E-state index is 0.191. The lowest BCUT2D eigenvalue weighted by Crippen LogP contribution is -2.13. The molecule has 0 saturated carbocycles. The van der Waals surface area contributed by atoms with Crippen molar-refractivity contribution >= 4 is 22.5 Å². The second-order valence-electron chi connectivity index (χ2n) is 6.46. The summed E-state index contributed by atoms with van der Waals surface area (Å²) >= 11 is 0. The lowest BCUT2D eigenvalue weighted by Gasteiger charge is -2.13. The summed E-state index contributed by atoms with van der Waals surface area (Å²) in [4.78, 5) is 17.8. The summed E-state index contributed by atoms with van der Waals surface area (Å²) in [6, 6.07) is 24.3. The maximum absolute atomic E-state index is 13.1. The van der Waals surface area contributed by atoms with Crippen LogP contribution in [0.5, 0.6) is 11.5 Å². The van der Waals surface area contributed by atoms with Crippen molar-refractivity contribution in [3.63, 3.8) is 0 Å². The first-order valence-corrected chi connectivity index (χ1v) is 9.18. The Bertz CT molecular complexity index is 1170. The van der Waals surface area contributed by atoms with Gasteiger partial charge in [-0.3, -0.25) is 4.79 Å². The van der Waals surface area contributed by atoms with Gasteiger partial charge in [0.2, 0.25) is 0 Å². The Hall–Kier alpha value is -3.86. The van der Waals surface area contributed by atoms with Crippen molar-refractivity contribution < 1.29 is 14.3 Å². The number of ether oxygens (including phenoxy) is 2. The number of hydrogen-bond acceptors (Lipinski definition) is 4. The minimum atomic E-state index is -0.191. The van der Waals surface area contributed by atoms with E-state index in [9.17, 15) is 4.79 Å². The molecule has 1 amide bonds. The van der Waals surface area contributed by atoms with Crippen molar-refractivity contribution in [2.24, 2.45) is 0 Å². The van der Waals surface area contributed by atoms with Crippen LogP contribution >= 0.6 is 0 Å². The number of nitrogens with one attached hydrogen (secondary N) is 1. The zero-order chi connectivity index (χ0) is 20.2. The molecule has 3 aromatic carbocycles. The quantitative estimate of drug-likeness (QED) is 0.516. The van der Waals surface area contributed by atoms with E-state index >= 15 is 0 Å². The monoisotopic (exact) mass is 384 g/mol. The average molecular weight is 384 g/mol. The number of pyridine rings is 1. The maximum Gasteiger partial charge on any atom is 0.256 e. The lowest BCUT2D eigenvalue weighted by atomic mass is 10.0. The number of amides is 1. The highest BCUT2D eigenvalue weighted by molar-refractivity contribution is 6.13. The molecule has 0 radical (unpaired) electrons. The molecule has 0 aliphatic carbocycles. The first kappa shape index (κ1) is 18.5. The first-order valence-electron chi connectivity index (χ1n) is 9.18. The van der Waals surface area contributed by atoms with Gasteiger partial charge in [-0.15, -0.1) is 0 Å². The molecule has 4 rings (SSSR count). The van der Waals surface area contributed by atoms with E-state index in [1.54, 1.807) is 26.4 Å². The molecule has 0 aliphatic heterocycles. The second kappa shape index (κ2) is 8.02. The number of rotatable bonds is 5. The van der Waals surface area contributed by atoms with E-state index < -0.39 is 0 Å². The van der Waals surface area contributed by atoms with Gasteiger partial charge >= 0.3 is 0 Å². The van der Waals surface area contributed by atoms with Gasteiger partial charge in [-0.2, -0.15) is 0 Å². The molecule has 0 atom stereocenters. The van der Waals surface area contributed by atoms with Crippen LogP contribution in [0.1, 0.15) is 10.4 Å². The van der Waals surface area contributed by atoms with Crippen LogP contribution in [-0.4, -0.2) is 25.1 Å². The predicted octanol–water partition coefficient (Wildman–Crippen LogP) is 5.17. The number of anilines is 1. The minimum Gasteiger partial charge on any atom is -0.497 e. The topological polar surface area (TPSA) is 60.5 Å². The Morgan fingerprint density at radius 2 is 1.62 bits per heavy atom. The summed E-state index contributed by atoms with van der Waals surface area (Å²) in [7, 11) is 3.21. The van der Waals surface area contributed by atoms with E-state index in [-0.39, 0.29) is 5.91 Å². The van der Waals surface area contributed by atoms with Crippen molar-refractivity contribution in [3.05, 3.63) is 84.4 Å². The lowest BCUT2D eigenvalue weighted by molar-refractivity contribution is 0.102. The molecule has 144 valence electrons. The van der Waals surface area contributed by atoms with Crippen LogP contribution in [0.2, 0.25) is 0 Å². The van der Waals surface area contributed by atoms with Crippen molar-refractivity contribution in [1.82, 2.24) is 4.98 Å². The fourth-order valence-electron chi connectivity index (χ4n) is 3.23. The summed E-state index contributed by atoms with van der Waals surface area (Å²) in [6.07, 6.45) is 0. The van der Waals surface area contributed by atoms with E-state index in [0.717, 1.165) is 22.2 Å². The number of benzene rings is 3. The summed E-state index contributed by atoms with van der Waals surface area (Å²) in [5.41, 5.74) is 3.46. The highest BCUT2D eigenvalue weighted by Gasteiger charge is 2.16. The number of carbonyl (C=O) groups is 1. The molecule has 0 bridgehead atoms. The molecule has 0 fully saturated rings. The number of methoxy groups -OCH3 is 2. The molecule has 4 aromatic rings. The number of nitrogens with zero attached hydrogens (tertiary/aromatic N) is 1. The Labute approximate surface area is 168 Å². The van der Waals surface area contributed by atoms with Crippen LogP contribution < -0.4 is 14.8 Å². The van der Waals surface area contributed by atoms with Crippen molar-refractivity contribution in [2.75, 3.05) is 19.5 Å². The van der Waals surface area contributed by atoms with Gasteiger partial charge in [-0.05, 0) is 36.4 Å². The molecule has 0 spiro atoms. The van der Waals surface area contributed by atoms with Crippen molar-refractivity contribution in [2.45, 2.75) is 0 Å². The van der Waals surface area contributed by atoms with Crippen LogP contribution in [0.3, 0.4) is 0 Å². The van der Waals surface area contributed by atoms with E-state index in [2.05, 4.69) is 5.32 Å². The van der Waals surface area contributed by atoms with Crippen LogP contribution in [-0.2, 0) is 0 Å². The number of para-hydroxylation sites is 2. The molecule has 1 aromatic heterocycles. The number of carbonyl (C=O) groups excluding carboxylic acids is 1. The normalized spacial score (nSPS) is 10.6. The molecular weight excluding hydrogens is 364 g/mol. The Balaban J connectivity index is 1.84. The average Bonchev–Trinajstić information content (AvgIpc) is 2.78. The van der Waals surface area contributed by atoms with Gasteiger partial charge in [-0.25, -0.2) is 4.98 Å². The highest BCUT2D eigenvalue weighted by atomic mass is 16.5. The zero-order valence-corrected chi connectivity index (χ0v) is 16.2. The smallest absolute Gasteiger partial charge is 0.256 e. The van der Waals surface area contributed by atoms with Gasteiger partial charge in [0, 0.05) is 22.7 Å². The SMILES string of the molecule is COc1ccc(-c2cc(C(=O)Nc3ccccc3)c3ccccc3n2)c(OC)c1. The maximum atomic E-state index is 13.1. The molecule has 29 heavy (non-hydrogen) atoms. The molecule has 1 heterocycles. The third kappa shape index (κ3) is 3.75. The summed E-state index contributed by atoms with van der Waals surface area (Å²) < 4.78 is 10.8. The van der Waals surface area contributed by atoms with E-state index in [0.29, 0.717) is 22.8 Å². The number of hydrogen-bond donors (Lipinski definition) is 1. The van der Waals surface area contributed by atoms with Crippen LogP contribution in [0.25, 0.3) is 22.2 Å². The zero-order valence-electron chi connectivity index (χ0n) is 16.2. The molecule has 5 nitrogen and oxygen atoms in total. The van der Waals surface area contributed by atoms with E-state index in [1.165, 1.54) is 0 Å². The fraction of sp³-hybridized carbons (Fsp3) is 0.0833. The summed E-state index contributed by atoms with van der Waals surface area (Å²) in [6.45, 7) is 0. The number of aromatic nitrogens is 1. The Kier molecular flexibility index (Phi) is 5.12. The molecule has 1 N–H and O–H groups in total. The van der Waals surface area contributed by atoms with Crippen LogP contribution in [0.15, 0.2) is 78.9 Å². The first-order chi connectivity index (χ1) is 14.2. The summed E-state index contributed by atoms with van der Waals surface area (Å²) in [5, 5.41) is 3.75. The van der Waals surface area contributed by atoms with E-state index in [4.69, 9.17) is 14.5 Å². The third-order valence-electron chi connectivity index (χ3n) is 4.68. The van der Waals surface area contributed by atoms with Crippen LogP contribution in [0, 0.1) is 0 Å². The van der Waals surface area contributed by atoms with Gasteiger partial charge in [0.05, 0.1) is 31.0 Å². The van der Waals surface area contributed by atoms with Gasteiger partial charge in [0.15, 0.2) is 0 Å². The van der Waals surface area contributed by atoms with Crippen molar-refractivity contribution in [3.8, 4) is 22.8 Å². The van der Waals surface area contributed by atoms with Gasteiger partial charge in [0.1, 0.15) is 11.5 Å². The molecular formula is C24H20N2O3. The fourth-order valence-corrected chi connectivity index (χ4v) is 3.23. The predicted molar refractivity (Wildman–Crippen MR) is 115 cm³/mol. The third-order valence-corrected chi connectivity index (χ3v) is 4.68. The number of fused-ring (bicyclic) bond motifs is 1. The van der Waals surface area contributed by atoms with Gasteiger partial charge in [-0.1, -0.05) is 36.4 Å². The Morgan fingerprint density at radius 3 is 2.38 bits per heavy atom. The molecule has 5 heteroatoms. The molecule has 0 saturated heterocycles. The summed E-state index contributed by atoms with van der Waals surface area (Å²) in [5.74, 6) is 1.12. The molecule has 0 unspecified atom stereocenters. The Morgan fingerprint density at radius 1 is 0.862 bits per heavy atom. The second-order valence-corrected chi connectivity index (χ2v) is 6.46. The van der Waals surface area contributed by atoms with Gasteiger partial charge in [0.25, 0.3) is 5.91 Å². The van der Waals surface area contributed by atoms with Gasteiger partial charge < -0.3 is 14.8 Å². The molecule has 0 aliphatic rings. The van der Waals surface area contributed by atoms with Crippen molar-refractivity contribution in [1.29, 1.82) is 0 Å². The van der Waals surface area contributed by atoms with E-state index in [1.807, 2.05) is 66.7 Å². The standard InChI is InChI=1S/C24H20N2O3/c1-28-17-12-13-19(23(14-17)29-2)22-15-20(18-10-6-7-11-21(18)26-22)24(27)25-16-8-4-3-5-9-16/h3-15H,1-2H3,(H,25,27). The van der Waals surface area contributed by atoms with Crippen LogP contribution in [0.4, 0.5) is 5.69 Å².